The molecule has 0 spiro atoms. The van der Waals surface area contributed by atoms with E-state index in [4.69, 9.17) is 6.42 Å². The van der Waals surface area contributed by atoms with E-state index in [1.165, 1.54) is 0 Å². The van der Waals surface area contributed by atoms with Gasteiger partial charge in [-0.25, -0.2) is 9.80 Å². The van der Waals surface area contributed by atoms with Gasteiger partial charge in [0.2, 0.25) is 11.8 Å². The van der Waals surface area contributed by atoms with Crippen molar-refractivity contribution >= 4 is 17.8 Å². The number of nitrogens with zero attached hydrogens (tertiary/aromatic N) is 4. The Morgan fingerprint density at radius 2 is 1.74 bits per heavy atom. The number of hydrazine groups is 1. The summed E-state index contributed by atoms with van der Waals surface area (Å²) in [7, 11) is 0. The Kier molecular flexibility index (Phi) is 7.52. The fraction of sp³-hybridized carbons (Fsp3) is 0.414. The lowest BCUT2D eigenvalue weighted by molar-refractivity contribution is -0.190. The number of hydrogen-bond acceptors (Lipinski definition) is 5. The summed E-state index contributed by atoms with van der Waals surface area (Å²) in [6.45, 7) is 0.557. The van der Waals surface area contributed by atoms with Crippen LogP contribution in [-0.2, 0) is 22.6 Å². The highest BCUT2D eigenvalue weighted by Gasteiger charge is 2.52. The molecule has 2 saturated heterocycles. The van der Waals surface area contributed by atoms with Crippen molar-refractivity contribution in [2.75, 3.05) is 19.6 Å². The van der Waals surface area contributed by atoms with Gasteiger partial charge < -0.3 is 20.2 Å². The van der Waals surface area contributed by atoms with Gasteiger partial charge in [0.15, 0.2) is 0 Å². The minimum Gasteiger partial charge on any atom is -0.508 e. The van der Waals surface area contributed by atoms with Crippen molar-refractivity contribution < 1.29 is 19.5 Å². The number of rotatable bonds is 6. The predicted octanol–water partition coefficient (Wildman–Crippen LogP) is 2.32. The number of urea groups is 1. The highest BCUT2D eigenvalue weighted by atomic mass is 16.3. The van der Waals surface area contributed by atoms with E-state index in [1.807, 2.05) is 35.2 Å². The molecule has 9 heteroatoms. The monoisotopic (exact) mass is 515 g/mol. The number of carbonyl (C=O) groups excluding carboxylic acids is 3. The molecule has 3 aliphatic rings. The van der Waals surface area contributed by atoms with E-state index in [0.717, 1.165) is 36.8 Å². The number of amides is 4. The second-order valence-corrected chi connectivity index (χ2v) is 10.1. The standard InChI is InChI=1S/C29H33N5O4/c1-2-16-31-20-27(36)33-25(17-21-12-14-24(35)15-13-21)28(37)32(23-10-6-7-11-23)19-26(33)34(31)29(38)30-18-22-8-4-3-5-9-22/h1,3-5,8-9,12-15,23,25-26,35H,6-7,10-11,16-20H2,(H,30,38)/t25-,26-/m0/s1. The normalized spacial score (nSPS) is 22.3. The molecule has 0 bridgehead atoms. The zero-order valence-corrected chi connectivity index (χ0v) is 21.3. The minimum absolute atomic E-state index is 0.0827. The lowest BCUT2D eigenvalue weighted by atomic mass is 9.97. The Morgan fingerprint density at radius 3 is 2.42 bits per heavy atom. The molecular formula is C29H33N5O4. The highest BCUT2D eigenvalue weighted by Crippen LogP contribution is 2.33. The molecule has 3 fully saturated rings. The summed E-state index contributed by atoms with van der Waals surface area (Å²) in [5.41, 5.74) is 1.78. The van der Waals surface area contributed by atoms with Gasteiger partial charge in [-0.1, -0.05) is 61.2 Å². The van der Waals surface area contributed by atoms with Gasteiger partial charge in [0.1, 0.15) is 18.0 Å². The van der Waals surface area contributed by atoms with E-state index in [2.05, 4.69) is 11.2 Å². The van der Waals surface area contributed by atoms with E-state index >= 15 is 0 Å². The number of aromatic hydroxyl groups is 1. The van der Waals surface area contributed by atoms with Crippen molar-refractivity contribution in [2.24, 2.45) is 0 Å². The fourth-order valence-corrected chi connectivity index (χ4v) is 5.85. The highest BCUT2D eigenvalue weighted by molar-refractivity contribution is 5.92. The second-order valence-electron chi connectivity index (χ2n) is 10.1. The summed E-state index contributed by atoms with van der Waals surface area (Å²) < 4.78 is 0. The van der Waals surface area contributed by atoms with Gasteiger partial charge >= 0.3 is 6.03 Å². The van der Waals surface area contributed by atoms with Crippen LogP contribution in [0, 0.1) is 12.3 Å². The minimum atomic E-state index is -0.760. The summed E-state index contributed by atoms with van der Waals surface area (Å²) in [5.74, 6) is 2.38. The zero-order valence-electron chi connectivity index (χ0n) is 21.3. The van der Waals surface area contributed by atoms with Gasteiger partial charge in [0.05, 0.1) is 19.6 Å². The number of benzene rings is 2. The average molecular weight is 516 g/mol. The number of phenolic OH excluding ortho intramolecular Hbond substituents is 1. The van der Waals surface area contributed by atoms with Crippen molar-refractivity contribution in [1.82, 2.24) is 25.1 Å². The van der Waals surface area contributed by atoms with Crippen LogP contribution in [0.5, 0.6) is 5.75 Å². The average Bonchev–Trinajstić information content (AvgIpc) is 3.45. The smallest absolute Gasteiger partial charge is 0.334 e. The number of piperazine rings is 1. The lowest BCUT2D eigenvalue weighted by Gasteiger charge is -2.55. The molecule has 2 N–H and O–H groups in total. The van der Waals surface area contributed by atoms with Crippen LogP contribution >= 0.6 is 0 Å². The summed E-state index contributed by atoms with van der Waals surface area (Å²) in [4.78, 5) is 44.6. The maximum Gasteiger partial charge on any atom is 0.334 e. The number of fused-ring (bicyclic) bond motifs is 1. The van der Waals surface area contributed by atoms with Gasteiger partial charge in [0.25, 0.3) is 0 Å². The van der Waals surface area contributed by atoms with E-state index < -0.39 is 12.2 Å². The Hall–Kier alpha value is -4.03. The molecule has 0 aromatic heterocycles. The number of terminal acetylenes is 1. The number of carbonyl (C=O) groups is 3. The topological polar surface area (TPSA) is 96.4 Å². The molecule has 0 radical (unpaired) electrons. The molecule has 198 valence electrons. The van der Waals surface area contributed by atoms with Crippen LogP contribution in [0.4, 0.5) is 4.79 Å². The molecule has 4 amide bonds. The molecule has 2 atom stereocenters. The predicted molar refractivity (Wildman–Crippen MR) is 141 cm³/mol. The Morgan fingerprint density at radius 1 is 1.03 bits per heavy atom. The van der Waals surface area contributed by atoms with Crippen molar-refractivity contribution in [1.29, 1.82) is 0 Å². The summed E-state index contributed by atoms with van der Waals surface area (Å²) in [6.07, 6.45) is 9.16. The second kappa shape index (κ2) is 11.2. The first-order valence-corrected chi connectivity index (χ1v) is 13.1. The van der Waals surface area contributed by atoms with Crippen molar-refractivity contribution in [3.63, 3.8) is 0 Å². The summed E-state index contributed by atoms with van der Waals surface area (Å²) in [6, 6.07) is 15.2. The molecular weight excluding hydrogens is 482 g/mol. The summed E-state index contributed by atoms with van der Waals surface area (Å²) >= 11 is 0. The Labute approximate surface area is 223 Å². The molecule has 2 aromatic rings. The Bertz CT molecular complexity index is 1210. The van der Waals surface area contributed by atoms with Crippen molar-refractivity contribution in [3.05, 3.63) is 65.7 Å². The Balaban J connectivity index is 1.48. The van der Waals surface area contributed by atoms with Crippen LogP contribution in [0.1, 0.15) is 36.8 Å². The molecule has 9 nitrogen and oxygen atoms in total. The van der Waals surface area contributed by atoms with Crippen LogP contribution in [0.2, 0.25) is 0 Å². The molecule has 2 heterocycles. The van der Waals surface area contributed by atoms with E-state index in [0.29, 0.717) is 13.0 Å². The first-order valence-electron chi connectivity index (χ1n) is 13.1. The van der Waals surface area contributed by atoms with Crippen LogP contribution in [-0.4, -0.2) is 80.7 Å². The van der Waals surface area contributed by atoms with E-state index in [1.54, 1.807) is 39.2 Å². The van der Waals surface area contributed by atoms with Gasteiger partial charge in [0, 0.05) is 19.0 Å². The first-order chi connectivity index (χ1) is 18.5. The van der Waals surface area contributed by atoms with Crippen molar-refractivity contribution in [3.8, 4) is 18.1 Å². The first kappa shape index (κ1) is 25.6. The number of hydrogen-bond donors (Lipinski definition) is 2. The molecule has 2 aromatic carbocycles. The molecule has 1 saturated carbocycles. The molecule has 1 aliphatic carbocycles. The third-order valence-electron chi connectivity index (χ3n) is 7.68. The zero-order chi connectivity index (χ0) is 26.6. The van der Waals surface area contributed by atoms with Crippen molar-refractivity contribution in [2.45, 2.75) is 56.9 Å². The third kappa shape index (κ3) is 5.18. The van der Waals surface area contributed by atoms with Gasteiger partial charge in [-0.2, -0.15) is 5.01 Å². The van der Waals surface area contributed by atoms with Gasteiger partial charge in [-0.05, 0) is 36.1 Å². The third-order valence-corrected chi connectivity index (χ3v) is 7.68. The van der Waals surface area contributed by atoms with Gasteiger partial charge in [-0.3, -0.25) is 9.59 Å². The van der Waals surface area contributed by atoms with Crippen LogP contribution in [0.3, 0.4) is 0 Å². The maximum atomic E-state index is 13.9. The number of phenols is 1. The largest absolute Gasteiger partial charge is 0.508 e. The van der Waals surface area contributed by atoms with E-state index in [9.17, 15) is 19.5 Å². The van der Waals surface area contributed by atoms with Crippen LogP contribution in [0.25, 0.3) is 0 Å². The lowest BCUT2D eigenvalue weighted by Crippen LogP contribution is -2.77. The van der Waals surface area contributed by atoms with Crippen LogP contribution < -0.4 is 5.32 Å². The molecule has 0 unspecified atom stereocenters. The summed E-state index contributed by atoms with van der Waals surface area (Å²) in [5, 5.41) is 15.8. The van der Waals surface area contributed by atoms with Gasteiger partial charge in [-0.15, -0.1) is 6.42 Å². The SMILES string of the molecule is C#CCN1CC(=O)N2[C@@H](Cc3ccc(O)cc3)C(=O)N(C3CCCC3)C[C@@H]2N1C(=O)NCc1ccccc1. The maximum absolute atomic E-state index is 13.9. The quantitative estimate of drug-likeness (QED) is 0.576. The molecule has 5 rings (SSSR count). The molecule has 38 heavy (non-hydrogen) atoms. The van der Waals surface area contributed by atoms with Crippen LogP contribution in [0.15, 0.2) is 54.6 Å². The van der Waals surface area contributed by atoms with E-state index in [-0.39, 0.29) is 49.3 Å². The molecule has 2 aliphatic heterocycles. The number of nitrogens with one attached hydrogen (secondary N) is 1. The fourth-order valence-electron chi connectivity index (χ4n) is 5.85.